The van der Waals surface area contributed by atoms with E-state index in [1.165, 1.54) is 24.5 Å². The van der Waals surface area contributed by atoms with Gasteiger partial charge in [0.25, 0.3) is 11.2 Å². The maximum Gasteiger partial charge on any atom is 0.271 e. The Balaban J connectivity index is 1.60. The van der Waals surface area contributed by atoms with Crippen molar-refractivity contribution in [3.8, 4) is 11.5 Å². The number of nitro benzene ring substituents is 1. The molecule has 36 heavy (non-hydrogen) atoms. The minimum Gasteiger partial charge on any atom is -0.492 e. The van der Waals surface area contributed by atoms with Crippen molar-refractivity contribution >= 4 is 33.9 Å². The van der Waals surface area contributed by atoms with Crippen LogP contribution >= 0.6 is 0 Å². The molecular formula is C24H27N5O7. The summed E-state index contributed by atoms with van der Waals surface area (Å²) in [4.78, 5) is 42.4. The zero-order valence-electron chi connectivity index (χ0n) is 20.1. The monoisotopic (exact) mass is 497 g/mol. The summed E-state index contributed by atoms with van der Waals surface area (Å²) in [7, 11) is 0. The molecule has 1 amide bonds. The van der Waals surface area contributed by atoms with Crippen LogP contribution in [0.5, 0.6) is 11.5 Å². The van der Waals surface area contributed by atoms with Crippen LogP contribution in [0.4, 0.5) is 17.1 Å². The van der Waals surface area contributed by atoms with E-state index < -0.39 is 16.4 Å². The molecule has 0 unspecified atom stereocenters. The van der Waals surface area contributed by atoms with Crippen molar-refractivity contribution in [3.05, 3.63) is 57.1 Å². The van der Waals surface area contributed by atoms with Gasteiger partial charge in [0.1, 0.15) is 18.0 Å². The summed E-state index contributed by atoms with van der Waals surface area (Å²) in [5.41, 5.74) is 0.807. The molecular weight excluding hydrogens is 470 g/mol. The Morgan fingerprint density at radius 3 is 2.56 bits per heavy atom. The highest BCUT2D eigenvalue weighted by atomic mass is 16.6. The molecule has 12 heteroatoms. The minimum atomic E-state index is -0.559. The minimum absolute atomic E-state index is 0.168. The van der Waals surface area contributed by atoms with Gasteiger partial charge in [-0.1, -0.05) is 0 Å². The van der Waals surface area contributed by atoms with Crippen molar-refractivity contribution in [2.45, 2.75) is 20.4 Å². The van der Waals surface area contributed by atoms with Crippen LogP contribution < -0.4 is 25.2 Å². The van der Waals surface area contributed by atoms with Gasteiger partial charge >= 0.3 is 0 Å². The van der Waals surface area contributed by atoms with Crippen molar-refractivity contribution in [1.82, 2.24) is 9.55 Å². The molecule has 1 aromatic heterocycles. The number of aromatic nitrogens is 2. The Bertz CT molecular complexity index is 1330. The Morgan fingerprint density at radius 1 is 1.14 bits per heavy atom. The van der Waals surface area contributed by atoms with Gasteiger partial charge in [0.05, 0.1) is 60.0 Å². The molecule has 190 valence electrons. The standard InChI is InChI=1S/C24H27N5O7/c1-3-35-21-13-20(27-7-9-34-10-8-27)22(36-4-2)12-19(21)26-23(30)14-28-15-25-18-11-16(29(32)33)5-6-17(18)24(28)31/h5-6,11-13,15H,3-4,7-10,14H2,1-2H3,(H,26,30). The topological polar surface area (TPSA) is 138 Å². The highest BCUT2D eigenvalue weighted by Gasteiger charge is 2.21. The van der Waals surface area contributed by atoms with Crippen LogP contribution in [-0.2, 0) is 16.1 Å². The van der Waals surface area contributed by atoms with E-state index in [0.29, 0.717) is 56.7 Å². The van der Waals surface area contributed by atoms with Crippen LogP contribution in [0.1, 0.15) is 13.8 Å². The first-order valence-corrected chi connectivity index (χ1v) is 11.6. The summed E-state index contributed by atoms with van der Waals surface area (Å²) >= 11 is 0. The summed E-state index contributed by atoms with van der Waals surface area (Å²) in [6, 6.07) is 7.35. The second-order valence-electron chi connectivity index (χ2n) is 7.97. The maximum atomic E-state index is 12.9. The average molecular weight is 498 g/mol. The van der Waals surface area contributed by atoms with Gasteiger partial charge in [-0.3, -0.25) is 24.3 Å². The maximum absolute atomic E-state index is 12.9. The summed E-state index contributed by atoms with van der Waals surface area (Å²) in [6.07, 6.45) is 1.20. The summed E-state index contributed by atoms with van der Waals surface area (Å²) < 4.78 is 18.3. The fourth-order valence-corrected chi connectivity index (χ4v) is 3.96. The third-order valence-corrected chi connectivity index (χ3v) is 5.62. The van der Waals surface area contributed by atoms with Crippen LogP contribution in [0.15, 0.2) is 41.5 Å². The first-order valence-electron chi connectivity index (χ1n) is 11.6. The van der Waals surface area contributed by atoms with Gasteiger partial charge in [-0.2, -0.15) is 0 Å². The molecule has 1 aliphatic rings. The van der Waals surface area contributed by atoms with Gasteiger partial charge < -0.3 is 24.4 Å². The van der Waals surface area contributed by atoms with Crippen molar-refractivity contribution in [3.63, 3.8) is 0 Å². The highest BCUT2D eigenvalue weighted by molar-refractivity contribution is 5.93. The lowest BCUT2D eigenvalue weighted by atomic mass is 10.2. The summed E-state index contributed by atoms with van der Waals surface area (Å²) in [5.74, 6) is 0.610. The number of nitrogens with zero attached hydrogens (tertiary/aromatic N) is 4. The smallest absolute Gasteiger partial charge is 0.271 e. The SMILES string of the molecule is CCOc1cc(N2CCOCC2)c(OCC)cc1NC(=O)Cn1cnc2cc([N+](=O)[O-])ccc2c1=O. The van der Waals surface area contributed by atoms with E-state index in [-0.39, 0.29) is 23.1 Å². The van der Waals surface area contributed by atoms with Gasteiger partial charge in [0.15, 0.2) is 0 Å². The van der Waals surface area contributed by atoms with Crippen molar-refractivity contribution < 1.29 is 23.9 Å². The molecule has 0 spiro atoms. The number of benzene rings is 2. The molecule has 2 aromatic carbocycles. The van der Waals surface area contributed by atoms with Crippen LogP contribution in [0.3, 0.4) is 0 Å². The van der Waals surface area contributed by atoms with Gasteiger partial charge in [-0.15, -0.1) is 0 Å². The van der Waals surface area contributed by atoms with E-state index in [0.717, 1.165) is 10.3 Å². The Morgan fingerprint density at radius 2 is 1.86 bits per heavy atom. The third kappa shape index (κ3) is 5.38. The number of nitro groups is 1. The normalized spacial score (nSPS) is 13.4. The summed E-state index contributed by atoms with van der Waals surface area (Å²) in [6.45, 7) is 6.88. The lowest BCUT2D eigenvalue weighted by molar-refractivity contribution is -0.384. The number of ether oxygens (including phenoxy) is 3. The van der Waals surface area contributed by atoms with E-state index in [1.54, 1.807) is 6.07 Å². The lowest BCUT2D eigenvalue weighted by Crippen LogP contribution is -2.36. The molecule has 1 N–H and O–H groups in total. The Labute approximate surface area is 206 Å². The van der Waals surface area contributed by atoms with Gasteiger partial charge in [-0.05, 0) is 19.9 Å². The molecule has 0 radical (unpaired) electrons. The first-order chi connectivity index (χ1) is 17.4. The molecule has 1 aliphatic heterocycles. The molecule has 0 aliphatic carbocycles. The number of rotatable bonds is 9. The number of carbonyl (C=O) groups is 1. The van der Waals surface area contributed by atoms with Crippen molar-refractivity contribution in [1.29, 1.82) is 0 Å². The second kappa shape index (κ2) is 11.0. The van der Waals surface area contributed by atoms with Gasteiger partial charge in [0, 0.05) is 37.4 Å². The largest absolute Gasteiger partial charge is 0.492 e. The van der Waals surface area contributed by atoms with Crippen LogP contribution in [-0.4, -0.2) is 59.9 Å². The molecule has 12 nitrogen and oxygen atoms in total. The number of amides is 1. The van der Waals surface area contributed by atoms with E-state index in [4.69, 9.17) is 14.2 Å². The zero-order valence-corrected chi connectivity index (χ0v) is 20.1. The number of hydrogen-bond acceptors (Lipinski definition) is 9. The summed E-state index contributed by atoms with van der Waals surface area (Å²) in [5, 5.41) is 14.0. The molecule has 0 saturated carbocycles. The van der Waals surface area contributed by atoms with Crippen LogP contribution in [0.25, 0.3) is 10.9 Å². The Hall–Kier alpha value is -4.19. The van der Waals surface area contributed by atoms with Gasteiger partial charge in [-0.25, -0.2) is 4.98 Å². The Kier molecular flexibility index (Phi) is 7.64. The molecule has 3 aromatic rings. The second-order valence-corrected chi connectivity index (χ2v) is 7.97. The molecule has 0 atom stereocenters. The molecule has 1 saturated heterocycles. The van der Waals surface area contributed by atoms with Crippen molar-refractivity contribution in [2.24, 2.45) is 0 Å². The number of nitrogens with one attached hydrogen (secondary N) is 1. The van der Waals surface area contributed by atoms with E-state index in [1.807, 2.05) is 19.9 Å². The molecule has 2 heterocycles. The fourth-order valence-electron chi connectivity index (χ4n) is 3.96. The van der Waals surface area contributed by atoms with Gasteiger partial charge in [0.2, 0.25) is 5.91 Å². The highest BCUT2D eigenvalue weighted by Crippen LogP contribution is 2.39. The number of hydrogen-bond donors (Lipinski definition) is 1. The van der Waals surface area contributed by atoms with Crippen molar-refractivity contribution in [2.75, 3.05) is 49.7 Å². The first kappa shape index (κ1) is 24.9. The molecule has 4 rings (SSSR count). The van der Waals surface area contributed by atoms with Crippen LogP contribution in [0, 0.1) is 10.1 Å². The van der Waals surface area contributed by atoms with E-state index >= 15 is 0 Å². The van der Waals surface area contributed by atoms with E-state index in [2.05, 4.69) is 15.2 Å². The number of non-ortho nitro benzene ring substituents is 1. The number of fused-ring (bicyclic) bond motifs is 1. The predicted molar refractivity (Wildman–Crippen MR) is 133 cm³/mol. The van der Waals surface area contributed by atoms with Crippen LogP contribution in [0.2, 0.25) is 0 Å². The third-order valence-electron chi connectivity index (χ3n) is 5.62. The molecule has 0 bridgehead atoms. The van der Waals surface area contributed by atoms with E-state index in [9.17, 15) is 19.7 Å². The number of morpholine rings is 1. The lowest BCUT2D eigenvalue weighted by Gasteiger charge is -2.31. The zero-order chi connectivity index (χ0) is 25.7. The quantitative estimate of drug-likeness (QED) is 0.349. The number of carbonyl (C=O) groups excluding carboxylic acids is 1. The molecule has 1 fully saturated rings. The fraction of sp³-hybridized carbons (Fsp3) is 0.375. The number of anilines is 2. The average Bonchev–Trinajstić information content (AvgIpc) is 2.87. The predicted octanol–water partition coefficient (Wildman–Crippen LogP) is 2.58.